The SMILES string of the molecule is Cc1c(C(=O)[O-])cccc1-c1ccc(/C=C(\C#N)C(=O)NCc2ccccc2)o1. The summed E-state index contributed by atoms with van der Waals surface area (Å²) >= 11 is 0. The fourth-order valence-corrected chi connectivity index (χ4v) is 2.86. The Labute approximate surface area is 167 Å². The predicted molar refractivity (Wildman–Crippen MR) is 105 cm³/mol. The van der Waals surface area contributed by atoms with Crippen LogP contribution in [0.3, 0.4) is 0 Å². The van der Waals surface area contributed by atoms with Crippen molar-refractivity contribution in [3.8, 4) is 17.4 Å². The number of nitrogens with one attached hydrogen (secondary N) is 1. The quantitative estimate of drug-likeness (QED) is 0.519. The number of carboxylic acid groups (broad SMARTS) is 1. The molecule has 29 heavy (non-hydrogen) atoms. The number of aromatic carboxylic acids is 1. The summed E-state index contributed by atoms with van der Waals surface area (Å²) in [5.41, 5.74) is 2.01. The lowest BCUT2D eigenvalue weighted by atomic mass is 10.0. The van der Waals surface area contributed by atoms with E-state index < -0.39 is 11.9 Å². The molecule has 1 aromatic heterocycles. The number of furan rings is 1. The molecule has 0 spiro atoms. The van der Waals surface area contributed by atoms with Crippen molar-refractivity contribution in [2.24, 2.45) is 0 Å². The summed E-state index contributed by atoms with van der Waals surface area (Å²) in [7, 11) is 0. The van der Waals surface area contributed by atoms with Gasteiger partial charge in [0, 0.05) is 23.7 Å². The molecule has 3 rings (SSSR count). The zero-order valence-electron chi connectivity index (χ0n) is 15.6. The third kappa shape index (κ3) is 4.60. The number of nitriles is 1. The first kappa shape index (κ1) is 19.6. The first-order chi connectivity index (χ1) is 14.0. The predicted octanol–water partition coefficient (Wildman–Crippen LogP) is 2.84. The van der Waals surface area contributed by atoms with Crippen LogP contribution >= 0.6 is 0 Å². The van der Waals surface area contributed by atoms with Gasteiger partial charge in [-0.1, -0.05) is 48.5 Å². The molecule has 0 aliphatic rings. The van der Waals surface area contributed by atoms with Crippen molar-refractivity contribution < 1.29 is 19.1 Å². The molecule has 0 saturated carbocycles. The van der Waals surface area contributed by atoms with E-state index in [9.17, 15) is 20.0 Å². The topological polar surface area (TPSA) is 106 Å². The highest BCUT2D eigenvalue weighted by Gasteiger charge is 2.13. The van der Waals surface area contributed by atoms with Crippen molar-refractivity contribution in [2.45, 2.75) is 13.5 Å². The molecule has 1 amide bonds. The molecule has 6 nitrogen and oxygen atoms in total. The first-order valence-corrected chi connectivity index (χ1v) is 8.84. The van der Waals surface area contributed by atoms with Crippen LogP contribution in [0.2, 0.25) is 0 Å². The number of nitrogens with zero attached hydrogens (tertiary/aromatic N) is 1. The minimum absolute atomic E-state index is 0.0778. The van der Waals surface area contributed by atoms with Gasteiger partial charge in [-0.2, -0.15) is 5.26 Å². The van der Waals surface area contributed by atoms with Crippen LogP contribution in [0.5, 0.6) is 0 Å². The monoisotopic (exact) mass is 385 g/mol. The number of carboxylic acids is 1. The first-order valence-electron chi connectivity index (χ1n) is 8.84. The molecule has 0 aliphatic heterocycles. The fourth-order valence-electron chi connectivity index (χ4n) is 2.86. The maximum absolute atomic E-state index is 12.3. The lowest BCUT2D eigenvalue weighted by Gasteiger charge is -2.10. The van der Waals surface area contributed by atoms with Gasteiger partial charge in [-0.15, -0.1) is 0 Å². The summed E-state index contributed by atoms with van der Waals surface area (Å²) < 4.78 is 5.71. The molecule has 0 aliphatic carbocycles. The number of rotatable bonds is 6. The van der Waals surface area contributed by atoms with Gasteiger partial charge in [0.05, 0.1) is 5.97 Å². The minimum atomic E-state index is -1.27. The maximum atomic E-state index is 12.3. The molecular formula is C23H17N2O4-. The van der Waals surface area contributed by atoms with Crippen LogP contribution in [-0.4, -0.2) is 11.9 Å². The van der Waals surface area contributed by atoms with Crippen LogP contribution in [0.1, 0.15) is 27.2 Å². The number of carbonyl (C=O) groups is 2. The Morgan fingerprint density at radius 2 is 1.86 bits per heavy atom. The van der Waals surface area contributed by atoms with E-state index in [1.807, 2.05) is 36.4 Å². The summed E-state index contributed by atoms with van der Waals surface area (Å²) in [5, 5.41) is 23.2. The maximum Gasteiger partial charge on any atom is 0.262 e. The van der Waals surface area contributed by atoms with E-state index in [1.165, 1.54) is 12.1 Å². The second-order valence-electron chi connectivity index (χ2n) is 6.31. The van der Waals surface area contributed by atoms with Crippen molar-refractivity contribution in [3.05, 3.63) is 88.7 Å². The largest absolute Gasteiger partial charge is 0.545 e. The third-order valence-corrected chi connectivity index (χ3v) is 4.39. The average Bonchev–Trinajstić information content (AvgIpc) is 3.19. The highest BCUT2D eigenvalue weighted by Crippen LogP contribution is 2.28. The van der Waals surface area contributed by atoms with Gasteiger partial charge in [-0.3, -0.25) is 4.79 Å². The number of carbonyl (C=O) groups excluding carboxylic acids is 2. The second kappa shape index (κ2) is 8.72. The molecule has 0 bridgehead atoms. The van der Waals surface area contributed by atoms with Crippen molar-refractivity contribution >= 4 is 18.0 Å². The summed E-state index contributed by atoms with van der Waals surface area (Å²) in [6.07, 6.45) is 1.35. The Kier molecular flexibility index (Phi) is 5.91. The third-order valence-electron chi connectivity index (χ3n) is 4.39. The van der Waals surface area contributed by atoms with Crippen molar-refractivity contribution in [3.63, 3.8) is 0 Å². The molecule has 0 radical (unpaired) electrons. The van der Waals surface area contributed by atoms with Crippen LogP contribution in [0.25, 0.3) is 17.4 Å². The van der Waals surface area contributed by atoms with Gasteiger partial charge in [0.1, 0.15) is 23.2 Å². The Bertz CT molecular complexity index is 1120. The zero-order chi connectivity index (χ0) is 20.8. The number of amides is 1. The molecule has 1 N–H and O–H groups in total. The van der Waals surface area contributed by atoms with Crippen molar-refractivity contribution in [1.82, 2.24) is 5.32 Å². The second-order valence-corrected chi connectivity index (χ2v) is 6.31. The Morgan fingerprint density at radius 3 is 2.55 bits per heavy atom. The molecule has 0 fully saturated rings. The number of benzene rings is 2. The molecule has 2 aromatic carbocycles. The zero-order valence-corrected chi connectivity index (χ0v) is 15.6. The van der Waals surface area contributed by atoms with Crippen LogP contribution in [0.15, 0.2) is 70.7 Å². The molecule has 0 unspecified atom stereocenters. The van der Waals surface area contributed by atoms with Gasteiger partial charge in [-0.05, 0) is 30.2 Å². The van der Waals surface area contributed by atoms with Crippen LogP contribution in [0, 0.1) is 18.3 Å². The van der Waals surface area contributed by atoms with Crippen molar-refractivity contribution in [1.29, 1.82) is 5.26 Å². The lowest BCUT2D eigenvalue weighted by Crippen LogP contribution is -2.23. The lowest BCUT2D eigenvalue weighted by molar-refractivity contribution is -0.255. The van der Waals surface area contributed by atoms with E-state index in [0.29, 0.717) is 29.2 Å². The molecular weight excluding hydrogens is 368 g/mol. The normalized spacial score (nSPS) is 11.0. The van der Waals surface area contributed by atoms with E-state index in [-0.39, 0.29) is 11.1 Å². The Balaban J connectivity index is 1.79. The van der Waals surface area contributed by atoms with E-state index in [2.05, 4.69) is 5.32 Å². The molecule has 0 atom stereocenters. The standard InChI is InChI=1S/C23H18N2O4/c1-15-19(8-5-9-20(15)23(27)28)21-11-10-18(29-21)12-17(13-24)22(26)25-14-16-6-3-2-4-7-16/h2-12H,14H2,1H3,(H,25,26)(H,27,28)/p-1/b17-12+. The number of hydrogen-bond acceptors (Lipinski definition) is 5. The van der Waals surface area contributed by atoms with E-state index in [0.717, 1.165) is 5.56 Å². The summed E-state index contributed by atoms with van der Waals surface area (Å²) in [6.45, 7) is 1.97. The van der Waals surface area contributed by atoms with Gasteiger partial charge in [0.2, 0.25) is 0 Å². The van der Waals surface area contributed by atoms with Crippen LogP contribution in [-0.2, 0) is 11.3 Å². The van der Waals surface area contributed by atoms with Crippen LogP contribution < -0.4 is 10.4 Å². The van der Waals surface area contributed by atoms with Crippen LogP contribution in [0.4, 0.5) is 0 Å². The average molecular weight is 385 g/mol. The molecule has 144 valence electrons. The summed E-state index contributed by atoms with van der Waals surface area (Å²) in [4.78, 5) is 23.5. The van der Waals surface area contributed by atoms with E-state index >= 15 is 0 Å². The van der Waals surface area contributed by atoms with Gasteiger partial charge in [-0.25, -0.2) is 0 Å². The summed E-state index contributed by atoms with van der Waals surface area (Å²) in [6, 6.07) is 19.3. The molecule has 6 heteroatoms. The Morgan fingerprint density at radius 1 is 1.10 bits per heavy atom. The molecule has 3 aromatic rings. The molecule has 0 saturated heterocycles. The summed E-state index contributed by atoms with van der Waals surface area (Å²) in [5.74, 6) is -1.04. The van der Waals surface area contributed by atoms with Gasteiger partial charge in [0.25, 0.3) is 5.91 Å². The minimum Gasteiger partial charge on any atom is -0.545 e. The molecule has 1 heterocycles. The van der Waals surface area contributed by atoms with Gasteiger partial charge >= 0.3 is 0 Å². The number of hydrogen-bond donors (Lipinski definition) is 1. The van der Waals surface area contributed by atoms with Crippen molar-refractivity contribution in [2.75, 3.05) is 0 Å². The van der Waals surface area contributed by atoms with Gasteiger partial charge in [0.15, 0.2) is 0 Å². The van der Waals surface area contributed by atoms with E-state index in [4.69, 9.17) is 4.42 Å². The van der Waals surface area contributed by atoms with E-state index in [1.54, 1.807) is 31.2 Å². The van der Waals surface area contributed by atoms with Gasteiger partial charge < -0.3 is 19.6 Å². The Hall–Kier alpha value is -4.11. The highest BCUT2D eigenvalue weighted by molar-refractivity contribution is 6.01. The fraction of sp³-hybridized carbons (Fsp3) is 0.0870. The smallest absolute Gasteiger partial charge is 0.262 e. The highest BCUT2D eigenvalue weighted by atomic mass is 16.4.